The highest BCUT2D eigenvalue weighted by Gasteiger charge is 2.24. The lowest BCUT2D eigenvalue weighted by Gasteiger charge is -2.23. The van der Waals surface area contributed by atoms with Gasteiger partial charge in [-0.25, -0.2) is 13.1 Å². The molecular weight excluding hydrogens is 318 g/mol. The number of benzene rings is 1. The van der Waals surface area contributed by atoms with E-state index in [9.17, 15) is 18.5 Å². The average Bonchev–Trinajstić information content (AvgIpc) is 2.39. The molecule has 0 atom stereocenters. The van der Waals surface area contributed by atoms with Crippen LogP contribution >= 0.6 is 12.4 Å². The van der Waals surface area contributed by atoms with Gasteiger partial charge >= 0.3 is 0 Å². The molecule has 0 saturated carbocycles. The molecule has 0 unspecified atom stereocenters. The average molecular weight is 336 g/mol. The van der Waals surface area contributed by atoms with Gasteiger partial charge in [-0.15, -0.1) is 12.4 Å². The highest BCUT2D eigenvalue weighted by atomic mass is 35.5. The Morgan fingerprint density at radius 1 is 1.33 bits per heavy atom. The number of nitro benzene ring substituents is 1. The van der Waals surface area contributed by atoms with Gasteiger partial charge in [-0.2, -0.15) is 0 Å². The van der Waals surface area contributed by atoms with Crippen LogP contribution in [-0.4, -0.2) is 32.5 Å². The van der Waals surface area contributed by atoms with Crippen LogP contribution in [0.3, 0.4) is 0 Å². The van der Waals surface area contributed by atoms with Crippen molar-refractivity contribution in [3.05, 3.63) is 33.9 Å². The Balaban J connectivity index is 0.00000220. The molecule has 1 heterocycles. The van der Waals surface area contributed by atoms with E-state index in [-0.39, 0.29) is 29.0 Å². The Bertz CT molecular complexity index is 615. The molecule has 0 radical (unpaired) electrons. The molecule has 1 aliphatic heterocycles. The molecule has 0 spiro atoms. The number of hydrogen-bond acceptors (Lipinski definition) is 5. The van der Waals surface area contributed by atoms with Crippen LogP contribution in [0, 0.1) is 17.0 Å². The van der Waals surface area contributed by atoms with Crippen molar-refractivity contribution in [3.63, 3.8) is 0 Å². The van der Waals surface area contributed by atoms with Crippen LogP contribution in [0.1, 0.15) is 18.4 Å². The Hall–Kier alpha value is -1.22. The normalized spacial score (nSPS) is 16.2. The van der Waals surface area contributed by atoms with Crippen LogP contribution in [0.15, 0.2) is 23.1 Å². The maximum absolute atomic E-state index is 12.3. The Morgan fingerprint density at radius 3 is 2.52 bits per heavy atom. The van der Waals surface area contributed by atoms with Crippen molar-refractivity contribution in [1.29, 1.82) is 0 Å². The van der Waals surface area contributed by atoms with E-state index in [2.05, 4.69) is 10.0 Å². The molecule has 7 nitrogen and oxygen atoms in total. The van der Waals surface area contributed by atoms with E-state index < -0.39 is 14.9 Å². The topological polar surface area (TPSA) is 101 Å². The van der Waals surface area contributed by atoms with Crippen molar-refractivity contribution in [3.8, 4) is 0 Å². The number of nitrogens with one attached hydrogen (secondary N) is 2. The molecule has 0 aliphatic carbocycles. The minimum Gasteiger partial charge on any atom is -0.317 e. The number of nitro groups is 1. The van der Waals surface area contributed by atoms with E-state index >= 15 is 0 Å². The van der Waals surface area contributed by atoms with E-state index in [0.717, 1.165) is 19.2 Å². The predicted octanol–water partition coefficient (Wildman–Crippen LogP) is 1.36. The van der Waals surface area contributed by atoms with Crippen LogP contribution < -0.4 is 10.0 Å². The summed E-state index contributed by atoms with van der Waals surface area (Å²) in [5.74, 6) is 0. The summed E-state index contributed by atoms with van der Waals surface area (Å²) in [5.41, 5.74) is 0.276. The van der Waals surface area contributed by atoms with Gasteiger partial charge in [0.25, 0.3) is 5.69 Å². The van der Waals surface area contributed by atoms with E-state index in [0.29, 0.717) is 18.4 Å². The first-order chi connectivity index (χ1) is 9.40. The fraction of sp³-hybridized carbons (Fsp3) is 0.500. The SMILES string of the molecule is Cc1ccc([N+](=O)[O-])cc1S(=O)(=O)NC1CCNCC1.Cl. The van der Waals surface area contributed by atoms with Gasteiger partial charge in [0.15, 0.2) is 0 Å². The van der Waals surface area contributed by atoms with Crippen molar-refractivity contribution in [2.45, 2.75) is 30.7 Å². The van der Waals surface area contributed by atoms with E-state index in [1.807, 2.05) is 0 Å². The van der Waals surface area contributed by atoms with Crippen molar-refractivity contribution in [1.82, 2.24) is 10.0 Å². The van der Waals surface area contributed by atoms with Gasteiger partial charge in [-0.3, -0.25) is 10.1 Å². The number of piperidine rings is 1. The Labute approximate surface area is 129 Å². The number of nitrogens with zero attached hydrogens (tertiary/aromatic N) is 1. The molecule has 0 amide bonds. The highest BCUT2D eigenvalue weighted by Crippen LogP contribution is 2.22. The van der Waals surface area contributed by atoms with E-state index in [1.165, 1.54) is 12.1 Å². The molecule has 2 N–H and O–H groups in total. The molecule has 9 heteroatoms. The number of aryl methyl sites for hydroxylation is 1. The van der Waals surface area contributed by atoms with Crippen molar-refractivity contribution >= 4 is 28.1 Å². The number of halogens is 1. The standard InChI is InChI=1S/C12H17N3O4S.ClH/c1-9-2-3-11(15(16)17)8-12(9)20(18,19)14-10-4-6-13-7-5-10;/h2-3,8,10,13-14H,4-7H2,1H3;1H. The number of non-ortho nitro benzene ring substituents is 1. The fourth-order valence-electron chi connectivity index (χ4n) is 2.21. The van der Waals surface area contributed by atoms with Gasteiger partial charge in [0.05, 0.1) is 9.82 Å². The molecule has 0 aromatic heterocycles. The van der Waals surface area contributed by atoms with E-state index in [4.69, 9.17) is 0 Å². The molecular formula is C12H18ClN3O4S. The zero-order chi connectivity index (χ0) is 14.8. The summed E-state index contributed by atoms with van der Waals surface area (Å²) in [6.07, 6.45) is 1.43. The van der Waals surface area contributed by atoms with Gasteiger partial charge in [-0.05, 0) is 38.4 Å². The van der Waals surface area contributed by atoms with Crippen molar-refractivity contribution in [2.24, 2.45) is 0 Å². The Kier molecular flexibility index (Phi) is 6.09. The minimum atomic E-state index is -3.73. The lowest BCUT2D eigenvalue weighted by molar-refractivity contribution is -0.385. The number of hydrogen-bond donors (Lipinski definition) is 2. The predicted molar refractivity (Wildman–Crippen MR) is 81.3 cm³/mol. The molecule has 118 valence electrons. The number of sulfonamides is 1. The first-order valence-electron chi connectivity index (χ1n) is 6.38. The third kappa shape index (κ3) is 4.37. The summed E-state index contributed by atoms with van der Waals surface area (Å²) in [6, 6.07) is 3.74. The van der Waals surface area contributed by atoms with Crippen LogP contribution in [0.5, 0.6) is 0 Å². The highest BCUT2D eigenvalue weighted by molar-refractivity contribution is 7.89. The molecule has 1 saturated heterocycles. The lowest BCUT2D eigenvalue weighted by atomic mass is 10.1. The molecule has 0 bridgehead atoms. The second-order valence-electron chi connectivity index (χ2n) is 4.85. The summed E-state index contributed by atoms with van der Waals surface area (Å²) in [6.45, 7) is 3.16. The van der Waals surface area contributed by atoms with Gasteiger partial charge in [-0.1, -0.05) is 6.07 Å². The maximum Gasteiger partial charge on any atom is 0.270 e. The molecule has 1 aliphatic rings. The summed E-state index contributed by atoms with van der Waals surface area (Å²) >= 11 is 0. The fourth-order valence-corrected chi connectivity index (χ4v) is 3.78. The third-order valence-corrected chi connectivity index (χ3v) is 5.00. The van der Waals surface area contributed by atoms with Crippen molar-refractivity contribution in [2.75, 3.05) is 13.1 Å². The summed E-state index contributed by atoms with van der Waals surface area (Å²) in [5, 5.41) is 13.9. The third-order valence-electron chi connectivity index (χ3n) is 3.33. The quantitative estimate of drug-likeness (QED) is 0.639. The van der Waals surface area contributed by atoms with Gasteiger partial charge in [0.1, 0.15) is 0 Å². The summed E-state index contributed by atoms with van der Waals surface area (Å²) in [4.78, 5) is 10.1. The van der Waals surface area contributed by atoms with E-state index in [1.54, 1.807) is 6.92 Å². The zero-order valence-electron chi connectivity index (χ0n) is 11.5. The maximum atomic E-state index is 12.3. The minimum absolute atomic E-state index is 0. The molecule has 1 fully saturated rings. The largest absolute Gasteiger partial charge is 0.317 e. The first-order valence-corrected chi connectivity index (χ1v) is 7.86. The number of rotatable bonds is 4. The first kappa shape index (κ1) is 17.8. The zero-order valence-corrected chi connectivity index (χ0v) is 13.2. The molecule has 1 aromatic rings. The smallest absolute Gasteiger partial charge is 0.270 e. The van der Waals surface area contributed by atoms with Gasteiger partial charge < -0.3 is 5.32 Å². The van der Waals surface area contributed by atoms with Crippen LogP contribution in [0.4, 0.5) is 5.69 Å². The monoisotopic (exact) mass is 335 g/mol. The molecule has 2 rings (SSSR count). The Morgan fingerprint density at radius 2 is 1.95 bits per heavy atom. The molecule has 1 aromatic carbocycles. The van der Waals surface area contributed by atoms with Crippen LogP contribution in [-0.2, 0) is 10.0 Å². The van der Waals surface area contributed by atoms with Gasteiger partial charge in [0.2, 0.25) is 10.0 Å². The second-order valence-corrected chi connectivity index (χ2v) is 6.53. The summed E-state index contributed by atoms with van der Waals surface area (Å²) in [7, 11) is -3.73. The van der Waals surface area contributed by atoms with Crippen LogP contribution in [0.25, 0.3) is 0 Å². The summed E-state index contributed by atoms with van der Waals surface area (Å²) < 4.78 is 27.3. The van der Waals surface area contributed by atoms with Crippen molar-refractivity contribution < 1.29 is 13.3 Å². The van der Waals surface area contributed by atoms with Gasteiger partial charge in [0, 0.05) is 18.2 Å². The second kappa shape index (κ2) is 7.17. The lowest BCUT2D eigenvalue weighted by Crippen LogP contribution is -2.42. The van der Waals surface area contributed by atoms with Crippen LogP contribution in [0.2, 0.25) is 0 Å². The molecule has 21 heavy (non-hydrogen) atoms.